The summed E-state index contributed by atoms with van der Waals surface area (Å²) in [4.78, 5) is 2.77. The Morgan fingerprint density at radius 3 is 2.85 bits per heavy atom. The molecule has 6 nitrogen and oxygen atoms in total. The molecule has 112 valence electrons. The summed E-state index contributed by atoms with van der Waals surface area (Å²) in [5, 5.41) is 0. The van der Waals surface area contributed by atoms with E-state index in [1.165, 1.54) is 6.42 Å². The largest absolute Gasteiger partial charge is 0.352 e. The number of sulfonamides is 1. The molecule has 2 saturated heterocycles. The minimum atomic E-state index is -3.38. The molecule has 2 fully saturated rings. The number of nitrogens with two attached hydrogens (primary N) is 1. The lowest BCUT2D eigenvalue weighted by Gasteiger charge is -2.36. The lowest BCUT2D eigenvalue weighted by Crippen LogP contribution is -2.51. The molecule has 0 bridgehead atoms. The highest BCUT2D eigenvalue weighted by atomic mass is 32.2. The van der Waals surface area contributed by atoms with E-state index < -0.39 is 10.0 Å². The summed E-state index contributed by atoms with van der Waals surface area (Å²) in [5.41, 5.74) is 6.46. The van der Waals surface area contributed by atoms with Gasteiger partial charge in [0.25, 0.3) is 0 Å². The van der Waals surface area contributed by atoms with Gasteiger partial charge in [-0.05, 0) is 25.5 Å². The minimum absolute atomic E-state index is 0.350. The van der Waals surface area contributed by atoms with Crippen LogP contribution in [0.25, 0.3) is 0 Å². The lowest BCUT2D eigenvalue weighted by atomic mass is 10.2. The molecule has 1 aromatic rings. The van der Waals surface area contributed by atoms with Crippen LogP contribution in [0, 0.1) is 0 Å². The molecule has 2 aliphatic rings. The monoisotopic (exact) mass is 298 g/mol. The number of piperazine rings is 1. The number of rotatable bonds is 3. The maximum atomic E-state index is 12.7. The number of hydrogen-bond acceptors (Lipinski definition) is 4. The summed E-state index contributed by atoms with van der Waals surface area (Å²) in [7, 11) is -1.55. The van der Waals surface area contributed by atoms with E-state index in [0.29, 0.717) is 30.6 Å². The quantitative estimate of drug-likeness (QED) is 0.849. The van der Waals surface area contributed by atoms with Crippen molar-refractivity contribution in [3.63, 3.8) is 0 Å². The van der Waals surface area contributed by atoms with E-state index in [2.05, 4.69) is 4.90 Å². The highest BCUT2D eigenvalue weighted by Gasteiger charge is 2.36. The zero-order valence-corrected chi connectivity index (χ0v) is 12.6. The molecular formula is C13H22N4O2S. The molecule has 2 aliphatic heterocycles. The van der Waals surface area contributed by atoms with Gasteiger partial charge in [0.1, 0.15) is 4.90 Å². The fourth-order valence-electron chi connectivity index (χ4n) is 3.25. The SMILES string of the molecule is Cn1cc(S(=O)(=O)N2CCN3CCCC3C2)cc1CN. The van der Waals surface area contributed by atoms with Crippen LogP contribution in [0.2, 0.25) is 0 Å². The van der Waals surface area contributed by atoms with Crippen LogP contribution in [0.4, 0.5) is 0 Å². The number of aromatic nitrogens is 1. The van der Waals surface area contributed by atoms with Crippen molar-refractivity contribution in [1.82, 2.24) is 13.8 Å². The van der Waals surface area contributed by atoms with Crippen molar-refractivity contribution >= 4 is 10.0 Å². The Kier molecular flexibility index (Phi) is 3.62. The first-order valence-electron chi connectivity index (χ1n) is 7.12. The predicted molar refractivity (Wildman–Crippen MR) is 76.7 cm³/mol. The molecule has 1 unspecified atom stereocenters. The molecule has 0 aliphatic carbocycles. The number of fused-ring (bicyclic) bond motifs is 1. The fraction of sp³-hybridized carbons (Fsp3) is 0.692. The molecule has 7 heteroatoms. The molecule has 0 aromatic carbocycles. The maximum absolute atomic E-state index is 12.7. The topological polar surface area (TPSA) is 71.6 Å². The van der Waals surface area contributed by atoms with Gasteiger partial charge in [-0.1, -0.05) is 0 Å². The molecule has 0 radical (unpaired) electrons. The van der Waals surface area contributed by atoms with Crippen LogP contribution in [-0.4, -0.2) is 54.4 Å². The minimum Gasteiger partial charge on any atom is -0.352 e. The Morgan fingerprint density at radius 2 is 2.15 bits per heavy atom. The van der Waals surface area contributed by atoms with Gasteiger partial charge in [0.05, 0.1) is 0 Å². The van der Waals surface area contributed by atoms with Gasteiger partial charge in [0, 0.05) is 51.2 Å². The third-order valence-corrected chi connectivity index (χ3v) is 6.31. The normalized spacial score (nSPS) is 25.0. The van der Waals surface area contributed by atoms with Crippen molar-refractivity contribution in [2.75, 3.05) is 26.2 Å². The van der Waals surface area contributed by atoms with Gasteiger partial charge in [-0.3, -0.25) is 4.90 Å². The van der Waals surface area contributed by atoms with Crippen LogP contribution >= 0.6 is 0 Å². The van der Waals surface area contributed by atoms with Crippen LogP contribution in [0.5, 0.6) is 0 Å². The van der Waals surface area contributed by atoms with Crippen molar-refractivity contribution in [3.05, 3.63) is 18.0 Å². The van der Waals surface area contributed by atoms with Gasteiger partial charge in [-0.15, -0.1) is 0 Å². The molecule has 3 heterocycles. The summed E-state index contributed by atoms with van der Waals surface area (Å²) in [5.74, 6) is 0. The van der Waals surface area contributed by atoms with E-state index in [4.69, 9.17) is 5.73 Å². The summed E-state index contributed by atoms with van der Waals surface area (Å²) in [6.45, 7) is 3.52. The van der Waals surface area contributed by atoms with E-state index in [0.717, 1.165) is 25.2 Å². The van der Waals surface area contributed by atoms with Crippen LogP contribution in [0.1, 0.15) is 18.5 Å². The van der Waals surface area contributed by atoms with Gasteiger partial charge in [-0.25, -0.2) is 8.42 Å². The Hall–Kier alpha value is -0.890. The molecule has 3 rings (SSSR count). The Labute approximate surface area is 120 Å². The summed E-state index contributed by atoms with van der Waals surface area (Å²) < 4.78 is 28.8. The maximum Gasteiger partial charge on any atom is 0.244 e. The van der Waals surface area contributed by atoms with Crippen LogP contribution in [-0.2, 0) is 23.6 Å². The highest BCUT2D eigenvalue weighted by molar-refractivity contribution is 7.89. The Balaban J connectivity index is 1.84. The van der Waals surface area contributed by atoms with Gasteiger partial charge >= 0.3 is 0 Å². The number of hydrogen-bond donors (Lipinski definition) is 1. The molecular weight excluding hydrogens is 276 g/mol. The number of nitrogens with zero attached hydrogens (tertiary/aromatic N) is 3. The van der Waals surface area contributed by atoms with Crippen LogP contribution in [0.3, 0.4) is 0 Å². The van der Waals surface area contributed by atoms with Crippen LogP contribution in [0.15, 0.2) is 17.2 Å². The summed E-state index contributed by atoms with van der Waals surface area (Å²) in [6.07, 6.45) is 3.95. The first-order chi connectivity index (χ1) is 9.52. The Bertz CT molecular complexity index is 596. The molecule has 0 saturated carbocycles. The summed E-state index contributed by atoms with van der Waals surface area (Å²) in [6, 6.07) is 2.09. The van der Waals surface area contributed by atoms with Crippen molar-refractivity contribution in [2.45, 2.75) is 30.3 Å². The van der Waals surface area contributed by atoms with E-state index in [9.17, 15) is 8.42 Å². The van der Waals surface area contributed by atoms with Crippen molar-refractivity contribution in [3.8, 4) is 0 Å². The molecule has 0 amide bonds. The summed E-state index contributed by atoms with van der Waals surface area (Å²) >= 11 is 0. The van der Waals surface area contributed by atoms with E-state index in [1.807, 2.05) is 7.05 Å². The lowest BCUT2D eigenvalue weighted by molar-refractivity contribution is 0.158. The van der Waals surface area contributed by atoms with E-state index in [-0.39, 0.29) is 0 Å². The zero-order chi connectivity index (χ0) is 14.3. The van der Waals surface area contributed by atoms with Crippen molar-refractivity contribution in [2.24, 2.45) is 12.8 Å². The van der Waals surface area contributed by atoms with Gasteiger partial charge < -0.3 is 10.3 Å². The van der Waals surface area contributed by atoms with Gasteiger partial charge in [-0.2, -0.15) is 4.31 Å². The molecule has 1 aromatic heterocycles. The first-order valence-corrected chi connectivity index (χ1v) is 8.56. The smallest absolute Gasteiger partial charge is 0.244 e. The Morgan fingerprint density at radius 1 is 1.35 bits per heavy atom. The second-order valence-electron chi connectivity index (χ2n) is 5.68. The zero-order valence-electron chi connectivity index (χ0n) is 11.8. The molecule has 2 N–H and O–H groups in total. The number of aryl methyl sites for hydroxylation is 1. The van der Waals surface area contributed by atoms with Gasteiger partial charge in [0.2, 0.25) is 10.0 Å². The molecule has 1 atom stereocenters. The van der Waals surface area contributed by atoms with Crippen LogP contribution < -0.4 is 5.73 Å². The molecule has 20 heavy (non-hydrogen) atoms. The van der Waals surface area contributed by atoms with Crippen molar-refractivity contribution < 1.29 is 8.42 Å². The fourth-order valence-corrected chi connectivity index (χ4v) is 4.82. The third-order valence-electron chi connectivity index (χ3n) is 4.48. The first kappa shape index (κ1) is 14.1. The third kappa shape index (κ3) is 2.28. The van der Waals surface area contributed by atoms with E-state index in [1.54, 1.807) is 21.1 Å². The van der Waals surface area contributed by atoms with Crippen molar-refractivity contribution in [1.29, 1.82) is 0 Å². The van der Waals surface area contributed by atoms with E-state index >= 15 is 0 Å². The standard InChI is InChI=1S/C13H22N4O2S/c1-15-10-13(7-12(15)8-14)20(18,19)17-6-5-16-4-2-3-11(16)9-17/h7,10-11H,2-6,8-9,14H2,1H3. The molecule has 0 spiro atoms. The average Bonchev–Trinajstić information content (AvgIpc) is 3.03. The highest BCUT2D eigenvalue weighted by Crippen LogP contribution is 2.26. The predicted octanol–water partition coefficient (Wildman–Crippen LogP) is -0.0475. The van der Waals surface area contributed by atoms with Gasteiger partial charge in [0.15, 0.2) is 0 Å². The second kappa shape index (κ2) is 5.14. The average molecular weight is 298 g/mol. The second-order valence-corrected chi connectivity index (χ2v) is 7.62.